The largest absolute Gasteiger partial charge is 0.459 e. The third kappa shape index (κ3) is 5.36. The molecule has 1 aromatic heterocycles. The van der Waals surface area contributed by atoms with Gasteiger partial charge in [-0.1, -0.05) is 0 Å². The summed E-state index contributed by atoms with van der Waals surface area (Å²) in [7, 11) is 3.35. The van der Waals surface area contributed by atoms with Crippen LogP contribution in [0.5, 0.6) is 0 Å². The Kier molecular flexibility index (Phi) is 8.38. The summed E-state index contributed by atoms with van der Waals surface area (Å²) in [6.45, 7) is 6.78. The van der Waals surface area contributed by atoms with E-state index in [1.54, 1.807) is 31.1 Å². The van der Waals surface area contributed by atoms with Crippen LogP contribution in [0.15, 0.2) is 27.8 Å². The summed E-state index contributed by atoms with van der Waals surface area (Å²) in [6, 6.07) is 3.39. The van der Waals surface area contributed by atoms with Crippen molar-refractivity contribution in [2.45, 2.75) is 13.8 Å². The van der Waals surface area contributed by atoms with E-state index in [-0.39, 0.29) is 35.8 Å². The van der Waals surface area contributed by atoms with Crippen LogP contribution >= 0.6 is 24.0 Å². The Morgan fingerprint density at radius 2 is 1.85 bits per heavy atom. The fourth-order valence-corrected chi connectivity index (χ4v) is 2.73. The van der Waals surface area contributed by atoms with E-state index >= 15 is 0 Å². The van der Waals surface area contributed by atoms with Gasteiger partial charge >= 0.3 is 0 Å². The van der Waals surface area contributed by atoms with Crippen LogP contribution in [0.25, 0.3) is 0 Å². The van der Waals surface area contributed by atoms with E-state index in [1.165, 1.54) is 6.26 Å². The maximum absolute atomic E-state index is 12.3. The second-order valence-corrected chi connectivity index (χ2v) is 6.62. The molecular weight excluding hydrogens is 449 g/mol. The molecule has 146 valence electrons. The number of carbonyl (C=O) groups excluding carboxylic acids is 2. The lowest BCUT2D eigenvalue weighted by Gasteiger charge is -2.37. The van der Waals surface area contributed by atoms with Gasteiger partial charge in [-0.2, -0.15) is 0 Å². The van der Waals surface area contributed by atoms with Crippen LogP contribution in [-0.2, 0) is 4.79 Å². The second kappa shape index (κ2) is 9.79. The molecule has 0 spiro atoms. The number of carbonyl (C=O) groups is 2. The van der Waals surface area contributed by atoms with Gasteiger partial charge in [0.15, 0.2) is 11.7 Å². The number of hydrogen-bond acceptors (Lipinski definition) is 4. The first-order chi connectivity index (χ1) is 11.9. The van der Waals surface area contributed by atoms with Crippen molar-refractivity contribution >= 4 is 41.8 Å². The number of nitrogens with zero attached hydrogens (tertiary/aromatic N) is 3. The molecule has 26 heavy (non-hydrogen) atoms. The molecule has 0 atom stereocenters. The monoisotopic (exact) mass is 477 g/mol. The average molecular weight is 477 g/mol. The molecule has 1 aliphatic rings. The number of furan rings is 1. The number of halogens is 1. The van der Waals surface area contributed by atoms with Gasteiger partial charge in [0.25, 0.3) is 5.91 Å². The molecule has 1 fully saturated rings. The summed E-state index contributed by atoms with van der Waals surface area (Å²) < 4.78 is 5.17. The lowest BCUT2D eigenvalue weighted by atomic mass is 9.92. The molecule has 0 aliphatic carbocycles. The number of aliphatic imine (C=N–C) groups is 1. The zero-order valence-corrected chi connectivity index (χ0v) is 18.1. The molecule has 1 aromatic rings. The Morgan fingerprint density at radius 1 is 1.23 bits per heavy atom. The molecule has 2 amide bonds. The summed E-state index contributed by atoms with van der Waals surface area (Å²) >= 11 is 0. The van der Waals surface area contributed by atoms with Crippen LogP contribution in [0.1, 0.15) is 24.4 Å². The van der Waals surface area contributed by atoms with Gasteiger partial charge in [-0.05, 0) is 26.0 Å². The number of amides is 2. The van der Waals surface area contributed by atoms with Crippen molar-refractivity contribution in [2.24, 2.45) is 10.4 Å². The van der Waals surface area contributed by atoms with E-state index in [0.717, 1.165) is 5.96 Å². The van der Waals surface area contributed by atoms with E-state index in [2.05, 4.69) is 20.5 Å². The molecule has 0 saturated carbocycles. The fourth-order valence-electron chi connectivity index (χ4n) is 2.73. The molecule has 1 aliphatic heterocycles. The van der Waals surface area contributed by atoms with Crippen LogP contribution < -0.4 is 10.6 Å². The molecule has 0 bridgehead atoms. The summed E-state index contributed by atoms with van der Waals surface area (Å²) in [5.74, 6) is 0.989. The highest BCUT2D eigenvalue weighted by atomic mass is 127. The van der Waals surface area contributed by atoms with Gasteiger partial charge in [-0.25, -0.2) is 0 Å². The van der Waals surface area contributed by atoms with Gasteiger partial charge in [0.2, 0.25) is 5.91 Å². The summed E-state index contributed by atoms with van der Waals surface area (Å²) in [4.78, 5) is 32.3. The van der Waals surface area contributed by atoms with Crippen molar-refractivity contribution in [1.29, 1.82) is 0 Å². The SMILES string of the molecule is CN=C(NCC(C)(C)C(=O)NC)N1CCN(C(=O)c2ccco2)CC1.I. The minimum Gasteiger partial charge on any atom is -0.459 e. The van der Waals surface area contributed by atoms with Crippen molar-refractivity contribution in [1.82, 2.24) is 20.4 Å². The molecule has 0 unspecified atom stereocenters. The van der Waals surface area contributed by atoms with E-state index in [4.69, 9.17) is 4.42 Å². The summed E-state index contributed by atoms with van der Waals surface area (Å²) in [6.07, 6.45) is 1.50. The smallest absolute Gasteiger partial charge is 0.289 e. The normalized spacial score (nSPS) is 15.3. The predicted octanol–water partition coefficient (Wildman–Crippen LogP) is 1.00. The highest BCUT2D eigenvalue weighted by Crippen LogP contribution is 2.14. The summed E-state index contributed by atoms with van der Waals surface area (Å²) in [5, 5.41) is 5.93. The average Bonchev–Trinajstić information content (AvgIpc) is 3.16. The highest BCUT2D eigenvalue weighted by Gasteiger charge is 2.29. The van der Waals surface area contributed by atoms with Crippen LogP contribution in [-0.4, -0.2) is 74.4 Å². The maximum atomic E-state index is 12.3. The third-order valence-corrected chi connectivity index (χ3v) is 4.34. The Balaban J connectivity index is 0.00000338. The van der Waals surface area contributed by atoms with Crippen molar-refractivity contribution in [3.8, 4) is 0 Å². The highest BCUT2D eigenvalue weighted by molar-refractivity contribution is 14.0. The van der Waals surface area contributed by atoms with Crippen LogP contribution in [0.2, 0.25) is 0 Å². The first-order valence-electron chi connectivity index (χ1n) is 8.39. The molecule has 2 heterocycles. The first kappa shape index (κ1) is 22.3. The fraction of sp³-hybridized carbons (Fsp3) is 0.588. The zero-order chi connectivity index (χ0) is 18.4. The predicted molar refractivity (Wildman–Crippen MR) is 111 cm³/mol. The van der Waals surface area contributed by atoms with E-state index in [1.807, 2.05) is 13.8 Å². The van der Waals surface area contributed by atoms with Crippen LogP contribution in [0.3, 0.4) is 0 Å². The standard InChI is InChI=1S/C17H27N5O3.HI/c1-17(2,15(24)18-3)12-20-16(19-4)22-9-7-21(8-10-22)14(23)13-6-5-11-25-13;/h5-6,11H,7-10,12H2,1-4H3,(H,18,24)(H,19,20);1H. The van der Waals surface area contributed by atoms with Gasteiger partial charge in [-0.15, -0.1) is 24.0 Å². The molecule has 8 nitrogen and oxygen atoms in total. The molecule has 2 rings (SSSR count). The zero-order valence-electron chi connectivity index (χ0n) is 15.7. The van der Waals surface area contributed by atoms with Gasteiger partial charge < -0.3 is 24.9 Å². The molecule has 1 saturated heterocycles. The minimum atomic E-state index is -0.540. The number of rotatable bonds is 4. The topological polar surface area (TPSA) is 90.2 Å². The first-order valence-corrected chi connectivity index (χ1v) is 8.39. The van der Waals surface area contributed by atoms with Crippen LogP contribution in [0, 0.1) is 5.41 Å². The maximum Gasteiger partial charge on any atom is 0.289 e. The quantitative estimate of drug-likeness (QED) is 0.384. The second-order valence-electron chi connectivity index (χ2n) is 6.62. The summed E-state index contributed by atoms with van der Waals surface area (Å²) in [5.41, 5.74) is -0.540. The Morgan fingerprint density at radius 3 is 2.35 bits per heavy atom. The van der Waals surface area contributed by atoms with E-state index in [0.29, 0.717) is 38.5 Å². The van der Waals surface area contributed by atoms with Gasteiger partial charge in [0.1, 0.15) is 0 Å². The van der Waals surface area contributed by atoms with Gasteiger partial charge in [0, 0.05) is 46.8 Å². The number of hydrogen-bond donors (Lipinski definition) is 2. The lowest BCUT2D eigenvalue weighted by Crippen LogP contribution is -2.55. The molecule has 2 N–H and O–H groups in total. The van der Waals surface area contributed by atoms with Crippen LogP contribution in [0.4, 0.5) is 0 Å². The van der Waals surface area contributed by atoms with Crippen molar-refractivity contribution in [2.75, 3.05) is 46.8 Å². The van der Waals surface area contributed by atoms with Gasteiger partial charge in [0.05, 0.1) is 11.7 Å². The number of guanidine groups is 1. The lowest BCUT2D eigenvalue weighted by molar-refractivity contribution is -0.128. The van der Waals surface area contributed by atoms with Crippen molar-refractivity contribution in [3.63, 3.8) is 0 Å². The molecule has 0 radical (unpaired) electrons. The van der Waals surface area contributed by atoms with E-state index < -0.39 is 5.41 Å². The molecule has 0 aromatic carbocycles. The Bertz CT molecular complexity index is 622. The third-order valence-electron chi connectivity index (χ3n) is 4.34. The molecular formula is C17H28IN5O3. The van der Waals surface area contributed by atoms with Crippen molar-refractivity contribution < 1.29 is 14.0 Å². The Labute approximate surface area is 171 Å². The number of piperazine rings is 1. The van der Waals surface area contributed by atoms with Crippen molar-refractivity contribution in [3.05, 3.63) is 24.2 Å². The molecule has 9 heteroatoms. The number of nitrogens with one attached hydrogen (secondary N) is 2. The van der Waals surface area contributed by atoms with E-state index in [9.17, 15) is 9.59 Å². The van der Waals surface area contributed by atoms with Gasteiger partial charge in [-0.3, -0.25) is 14.6 Å². The minimum absolute atomic E-state index is 0. The Hall–Kier alpha value is -1.78.